The number of hydrogen-bond donors (Lipinski definition) is 1. The Bertz CT molecular complexity index is 374. The van der Waals surface area contributed by atoms with Crippen molar-refractivity contribution in [3.8, 4) is 0 Å². The first-order valence-corrected chi connectivity index (χ1v) is 6.77. The van der Waals surface area contributed by atoms with Gasteiger partial charge in [-0.2, -0.15) is 12.6 Å². The second-order valence-corrected chi connectivity index (χ2v) is 5.09. The lowest BCUT2D eigenvalue weighted by molar-refractivity contribution is -0.146. The van der Waals surface area contributed by atoms with E-state index in [1.54, 1.807) is 0 Å². The lowest BCUT2D eigenvalue weighted by Crippen LogP contribution is -2.25. The molecule has 0 bridgehead atoms. The highest BCUT2D eigenvalue weighted by molar-refractivity contribution is 7.81. The van der Waals surface area contributed by atoms with Gasteiger partial charge in [0.15, 0.2) is 0 Å². The molecular formula is C14H18O3S. The molecule has 1 aromatic carbocycles. The Kier molecular flexibility index (Phi) is 5.08. The van der Waals surface area contributed by atoms with Crippen LogP contribution >= 0.6 is 12.6 Å². The van der Waals surface area contributed by atoms with E-state index in [1.165, 1.54) is 0 Å². The molecule has 2 atom stereocenters. The van der Waals surface area contributed by atoms with Gasteiger partial charge in [0.2, 0.25) is 0 Å². The molecule has 0 aromatic heterocycles. The molecule has 1 saturated heterocycles. The minimum Gasteiger partial charge on any atom is -0.462 e. The summed E-state index contributed by atoms with van der Waals surface area (Å²) in [5.41, 5.74) is 1.09. The van der Waals surface area contributed by atoms with Crippen LogP contribution < -0.4 is 0 Å². The molecule has 0 radical (unpaired) electrons. The fraction of sp³-hybridized carbons (Fsp3) is 0.500. The van der Waals surface area contributed by atoms with Crippen molar-refractivity contribution in [3.05, 3.63) is 35.9 Å². The lowest BCUT2D eigenvalue weighted by atomic mass is 10.1. The van der Waals surface area contributed by atoms with Crippen LogP contribution in [0.5, 0.6) is 0 Å². The number of rotatable bonds is 5. The van der Waals surface area contributed by atoms with Crippen molar-refractivity contribution in [3.63, 3.8) is 0 Å². The summed E-state index contributed by atoms with van der Waals surface area (Å²) in [5.74, 6) is -0.266. The minimum absolute atomic E-state index is 0.0752. The SMILES string of the molecule is O=C(OCC1CCCO1)C(S)Cc1ccccc1. The van der Waals surface area contributed by atoms with Crippen LogP contribution in [-0.2, 0) is 20.7 Å². The molecule has 3 nitrogen and oxygen atoms in total. The fourth-order valence-electron chi connectivity index (χ4n) is 1.97. The van der Waals surface area contributed by atoms with Gasteiger partial charge in [0, 0.05) is 6.61 Å². The zero-order chi connectivity index (χ0) is 12.8. The Hall–Kier alpha value is -1.00. The van der Waals surface area contributed by atoms with Gasteiger partial charge in [-0.05, 0) is 24.8 Å². The summed E-state index contributed by atoms with van der Waals surface area (Å²) in [6.07, 6.45) is 2.69. The highest BCUT2D eigenvalue weighted by atomic mass is 32.1. The van der Waals surface area contributed by atoms with Crippen molar-refractivity contribution in [2.24, 2.45) is 0 Å². The van der Waals surface area contributed by atoms with Gasteiger partial charge in [0.1, 0.15) is 11.9 Å². The number of benzene rings is 1. The summed E-state index contributed by atoms with van der Waals surface area (Å²) in [6.45, 7) is 1.13. The second-order valence-electron chi connectivity index (χ2n) is 4.47. The van der Waals surface area contributed by atoms with Crippen LogP contribution in [0.25, 0.3) is 0 Å². The molecule has 1 aliphatic heterocycles. The molecule has 1 aromatic rings. The number of esters is 1. The highest BCUT2D eigenvalue weighted by Gasteiger charge is 2.20. The Morgan fingerprint density at radius 2 is 2.22 bits per heavy atom. The highest BCUT2D eigenvalue weighted by Crippen LogP contribution is 2.14. The van der Waals surface area contributed by atoms with E-state index in [1.807, 2.05) is 30.3 Å². The summed E-state index contributed by atoms with van der Waals surface area (Å²) in [6, 6.07) is 9.82. The van der Waals surface area contributed by atoms with Crippen LogP contribution in [0.15, 0.2) is 30.3 Å². The zero-order valence-electron chi connectivity index (χ0n) is 10.2. The van der Waals surface area contributed by atoms with Gasteiger partial charge in [0.05, 0.1) is 6.10 Å². The van der Waals surface area contributed by atoms with E-state index < -0.39 is 5.25 Å². The summed E-state index contributed by atoms with van der Waals surface area (Å²) in [4.78, 5) is 11.7. The number of thiol groups is 1. The third-order valence-corrected chi connectivity index (χ3v) is 3.37. The Labute approximate surface area is 113 Å². The molecule has 1 heterocycles. The average Bonchev–Trinajstić information content (AvgIpc) is 2.90. The molecule has 18 heavy (non-hydrogen) atoms. The van der Waals surface area contributed by atoms with Gasteiger partial charge < -0.3 is 9.47 Å². The van der Waals surface area contributed by atoms with Crippen molar-refractivity contribution in [2.75, 3.05) is 13.2 Å². The topological polar surface area (TPSA) is 35.5 Å². The van der Waals surface area contributed by atoms with Gasteiger partial charge in [-0.15, -0.1) is 0 Å². The molecule has 0 amide bonds. The van der Waals surface area contributed by atoms with Crippen LogP contribution in [-0.4, -0.2) is 30.5 Å². The first-order chi connectivity index (χ1) is 8.75. The van der Waals surface area contributed by atoms with E-state index >= 15 is 0 Å². The molecule has 0 aliphatic carbocycles. The zero-order valence-corrected chi connectivity index (χ0v) is 11.1. The van der Waals surface area contributed by atoms with Crippen molar-refractivity contribution in [2.45, 2.75) is 30.6 Å². The molecule has 2 rings (SSSR count). The maximum atomic E-state index is 11.7. The normalized spacial score (nSPS) is 20.6. The van der Waals surface area contributed by atoms with Gasteiger partial charge >= 0.3 is 5.97 Å². The Morgan fingerprint density at radius 3 is 2.89 bits per heavy atom. The first-order valence-electron chi connectivity index (χ1n) is 6.26. The summed E-state index contributed by atoms with van der Waals surface area (Å²) in [7, 11) is 0. The van der Waals surface area contributed by atoms with E-state index in [0.29, 0.717) is 13.0 Å². The standard InChI is InChI=1S/C14H18O3S/c15-14(17-10-12-7-4-8-16-12)13(18)9-11-5-2-1-3-6-11/h1-3,5-6,12-13,18H,4,7-10H2. The van der Waals surface area contributed by atoms with Crippen molar-refractivity contribution < 1.29 is 14.3 Å². The largest absolute Gasteiger partial charge is 0.462 e. The molecule has 2 unspecified atom stereocenters. The predicted molar refractivity (Wildman–Crippen MR) is 72.9 cm³/mol. The number of carbonyl (C=O) groups is 1. The first kappa shape index (κ1) is 13.4. The number of carbonyl (C=O) groups excluding carboxylic acids is 1. The van der Waals surface area contributed by atoms with Crippen molar-refractivity contribution in [1.29, 1.82) is 0 Å². The molecule has 1 aliphatic rings. The maximum absolute atomic E-state index is 11.7. The Morgan fingerprint density at radius 1 is 1.44 bits per heavy atom. The molecular weight excluding hydrogens is 248 g/mol. The van der Waals surface area contributed by atoms with Crippen molar-refractivity contribution >= 4 is 18.6 Å². The van der Waals surface area contributed by atoms with Gasteiger partial charge in [0.25, 0.3) is 0 Å². The summed E-state index contributed by atoms with van der Waals surface area (Å²) < 4.78 is 10.6. The Balaban J connectivity index is 1.74. The third-order valence-electron chi connectivity index (χ3n) is 2.98. The predicted octanol–water partition coefficient (Wildman–Crippen LogP) is 2.25. The van der Waals surface area contributed by atoms with E-state index in [4.69, 9.17) is 9.47 Å². The monoisotopic (exact) mass is 266 g/mol. The van der Waals surface area contributed by atoms with Crippen LogP contribution in [0.2, 0.25) is 0 Å². The number of hydrogen-bond acceptors (Lipinski definition) is 4. The van der Waals surface area contributed by atoms with E-state index in [0.717, 1.165) is 25.0 Å². The van der Waals surface area contributed by atoms with E-state index in [2.05, 4.69) is 12.6 Å². The molecule has 98 valence electrons. The maximum Gasteiger partial charge on any atom is 0.319 e. The van der Waals surface area contributed by atoms with Crippen molar-refractivity contribution in [1.82, 2.24) is 0 Å². The molecule has 0 spiro atoms. The molecule has 0 N–H and O–H groups in total. The van der Waals surface area contributed by atoms with Crippen LogP contribution in [0.4, 0.5) is 0 Å². The summed E-state index contributed by atoms with van der Waals surface area (Å²) in [5, 5.41) is -0.409. The van der Waals surface area contributed by atoms with E-state index in [-0.39, 0.29) is 12.1 Å². The van der Waals surface area contributed by atoms with Crippen LogP contribution in [0.1, 0.15) is 18.4 Å². The molecule has 1 fully saturated rings. The van der Waals surface area contributed by atoms with Gasteiger partial charge in [-0.3, -0.25) is 4.79 Å². The van der Waals surface area contributed by atoms with Crippen LogP contribution in [0.3, 0.4) is 0 Å². The van der Waals surface area contributed by atoms with Gasteiger partial charge in [-0.25, -0.2) is 0 Å². The molecule has 0 saturated carbocycles. The number of ether oxygens (including phenoxy) is 2. The summed E-state index contributed by atoms with van der Waals surface area (Å²) >= 11 is 4.30. The smallest absolute Gasteiger partial charge is 0.319 e. The minimum atomic E-state index is -0.409. The average molecular weight is 266 g/mol. The van der Waals surface area contributed by atoms with Crippen LogP contribution in [0, 0.1) is 0 Å². The quantitative estimate of drug-likeness (QED) is 0.656. The second kappa shape index (κ2) is 6.81. The third kappa shape index (κ3) is 4.03. The van der Waals surface area contributed by atoms with E-state index in [9.17, 15) is 4.79 Å². The molecule has 4 heteroatoms. The van der Waals surface area contributed by atoms with Gasteiger partial charge in [-0.1, -0.05) is 30.3 Å². The lowest BCUT2D eigenvalue weighted by Gasteiger charge is -2.13. The fourth-order valence-corrected chi connectivity index (χ4v) is 2.25.